The van der Waals surface area contributed by atoms with E-state index in [4.69, 9.17) is 5.73 Å². The van der Waals surface area contributed by atoms with Gasteiger partial charge in [-0.05, 0) is 19.8 Å². The minimum Gasteiger partial charge on any atom is -0.385 e. The highest BCUT2D eigenvalue weighted by atomic mass is 16.3. The Kier molecular flexibility index (Phi) is 16.1. The van der Waals surface area contributed by atoms with E-state index in [2.05, 4.69) is 23.8 Å². The van der Waals surface area contributed by atoms with Crippen LogP contribution in [-0.4, -0.2) is 21.1 Å². The van der Waals surface area contributed by atoms with E-state index in [1.54, 1.807) is 0 Å². The highest BCUT2D eigenvalue weighted by molar-refractivity contribution is 5.17. The number of hydrogen-bond donors (Lipinski definition) is 3. The van der Waals surface area contributed by atoms with Crippen molar-refractivity contribution in [1.82, 2.24) is 9.97 Å². The normalized spacial score (nSPS) is 13.6. The number of hydrogen-bond acceptors (Lipinski definition) is 3. The average molecular weight is 422 g/mol. The smallest absolute Gasteiger partial charge is 0.113 e. The van der Waals surface area contributed by atoms with Gasteiger partial charge in [0, 0.05) is 18.2 Å². The number of nitrogens with two attached hydrogens (primary N) is 1. The highest BCUT2D eigenvalue weighted by Gasteiger charge is 2.21. The third-order valence-electron chi connectivity index (χ3n) is 6.30. The fourth-order valence-corrected chi connectivity index (χ4v) is 4.30. The van der Waals surface area contributed by atoms with Crippen LogP contribution in [0.4, 0.5) is 0 Å². The van der Waals surface area contributed by atoms with Crippen LogP contribution in [0.15, 0.2) is 0 Å². The molecule has 0 spiro atoms. The van der Waals surface area contributed by atoms with Crippen molar-refractivity contribution >= 4 is 0 Å². The van der Waals surface area contributed by atoms with Crippen LogP contribution in [0.2, 0.25) is 0 Å². The van der Waals surface area contributed by atoms with Crippen molar-refractivity contribution in [1.29, 1.82) is 0 Å². The Bertz CT molecular complexity index is 514. The van der Waals surface area contributed by atoms with Crippen molar-refractivity contribution in [3.63, 3.8) is 0 Å². The first kappa shape index (κ1) is 27.2. The van der Waals surface area contributed by atoms with Gasteiger partial charge in [0.25, 0.3) is 0 Å². The number of aromatic nitrogens is 2. The second-order valence-corrected chi connectivity index (χ2v) is 9.29. The summed E-state index contributed by atoms with van der Waals surface area (Å²) in [7, 11) is 0. The van der Waals surface area contributed by atoms with E-state index in [1.165, 1.54) is 96.3 Å². The molecule has 1 aromatic heterocycles. The molecule has 4 N–H and O–H groups in total. The first-order valence-corrected chi connectivity index (χ1v) is 13.1. The summed E-state index contributed by atoms with van der Waals surface area (Å²) in [6, 6.07) is -0.226. The number of unbranched alkanes of at least 4 members (excludes halogenated alkanes) is 14. The largest absolute Gasteiger partial charge is 0.385 e. The van der Waals surface area contributed by atoms with Crippen LogP contribution in [0.3, 0.4) is 0 Å². The van der Waals surface area contributed by atoms with E-state index in [1.807, 2.05) is 6.92 Å². The minimum absolute atomic E-state index is 0.226. The van der Waals surface area contributed by atoms with Gasteiger partial charge in [0.15, 0.2) is 0 Å². The van der Waals surface area contributed by atoms with Gasteiger partial charge in [0.2, 0.25) is 0 Å². The lowest BCUT2D eigenvalue weighted by molar-refractivity contribution is 0.137. The molecule has 4 nitrogen and oxygen atoms in total. The van der Waals surface area contributed by atoms with Crippen LogP contribution in [0.1, 0.15) is 146 Å². The van der Waals surface area contributed by atoms with E-state index in [0.29, 0.717) is 0 Å². The average Bonchev–Trinajstić information content (AvgIpc) is 3.10. The lowest BCUT2D eigenvalue weighted by atomic mass is 10.0. The van der Waals surface area contributed by atoms with Crippen LogP contribution >= 0.6 is 0 Å². The molecule has 0 amide bonds. The van der Waals surface area contributed by atoms with Gasteiger partial charge in [-0.1, -0.05) is 110 Å². The minimum atomic E-state index is -0.656. The SMILES string of the molecule is CCCCCCCCCCCCCCCCCc1nc(C(O)C(N)CCC)c(C)[nH]1. The fourth-order valence-electron chi connectivity index (χ4n) is 4.30. The molecule has 0 saturated carbocycles. The van der Waals surface area contributed by atoms with Crippen molar-refractivity contribution in [2.24, 2.45) is 5.73 Å². The third-order valence-corrected chi connectivity index (χ3v) is 6.30. The molecule has 0 bridgehead atoms. The quantitative estimate of drug-likeness (QED) is 0.193. The summed E-state index contributed by atoms with van der Waals surface area (Å²) in [5.41, 5.74) is 7.78. The summed E-state index contributed by atoms with van der Waals surface area (Å²) in [4.78, 5) is 7.98. The summed E-state index contributed by atoms with van der Waals surface area (Å²) >= 11 is 0. The zero-order valence-electron chi connectivity index (χ0n) is 20.4. The van der Waals surface area contributed by atoms with Gasteiger partial charge in [0.05, 0.1) is 5.69 Å². The van der Waals surface area contributed by atoms with Gasteiger partial charge >= 0.3 is 0 Å². The Labute approximate surface area is 186 Å². The standard InChI is InChI=1S/C26H51N3O/c1-4-6-7-8-9-10-11-12-13-14-15-16-17-18-19-21-24-28-22(3)25(29-24)26(30)23(27)20-5-2/h23,26,30H,4-21,27H2,1-3H3,(H,28,29). The van der Waals surface area contributed by atoms with Crippen LogP contribution in [0.25, 0.3) is 0 Å². The second-order valence-electron chi connectivity index (χ2n) is 9.29. The molecule has 1 aromatic rings. The summed E-state index contributed by atoms with van der Waals surface area (Å²) < 4.78 is 0. The first-order chi connectivity index (χ1) is 14.6. The monoisotopic (exact) mass is 421 g/mol. The van der Waals surface area contributed by atoms with Crippen molar-refractivity contribution < 1.29 is 5.11 Å². The number of aryl methyl sites for hydroxylation is 2. The van der Waals surface area contributed by atoms with Crippen molar-refractivity contribution in [2.75, 3.05) is 0 Å². The Balaban J connectivity index is 1.99. The number of nitrogens with zero attached hydrogens (tertiary/aromatic N) is 1. The molecule has 0 fully saturated rings. The molecule has 176 valence electrons. The molecule has 0 aliphatic carbocycles. The van der Waals surface area contributed by atoms with Crippen molar-refractivity contribution in [3.8, 4) is 0 Å². The molecule has 4 heteroatoms. The second kappa shape index (κ2) is 17.8. The molecule has 0 aliphatic heterocycles. The van der Waals surface area contributed by atoms with Crippen molar-refractivity contribution in [2.45, 2.75) is 148 Å². The van der Waals surface area contributed by atoms with Gasteiger partial charge in [-0.2, -0.15) is 0 Å². The Morgan fingerprint density at radius 3 is 1.70 bits per heavy atom. The molecular formula is C26H51N3O. The Morgan fingerprint density at radius 2 is 1.23 bits per heavy atom. The lowest BCUT2D eigenvalue weighted by Crippen LogP contribution is -2.28. The van der Waals surface area contributed by atoms with Crippen LogP contribution in [0.5, 0.6) is 0 Å². The predicted octanol–water partition coefficient (Wildman–Crippen LogP) is 7.29. The topological polar surface area (TPSA) is 74.9 Å². The van der Waals surface area contributed by atoms with Gasteiger partial charge in [-0.25, -0.2) is 4.98 Å². The number of nitrogens with one attached hydrogen (secondary N) is 1. The summed E-state index contributed by atoms with van der Waals surface area (Å²) in [6.07, 6.45) is 22.9. The number of rotatable bonds is 20. The number of imidazole rings is 1. The molecule has 2 unspecified atom stereocenters. The van der Waals surface area contributed by atoms with E-state index in [-0.39, 0.29) is 6.04 Å². The number of aliphatic hydroxyl groups is 1. The highest BCUT2D eigenvalue weighted by Crippen LogP contribution is 2.21. The maximum Gasteiger partial charge on any atom is 0.113 e. The van der Waals surface area contributed by atoms with E-state index in [9.17, 15) is 5.11 Å². The third kappa shape index (κ3) is 12.1. The molecule has 1 rings (SSSR count). The molecule has 2 atom stereocenters. The summed E-state index contributed by atoms with van der Waals surface area (Å²) in [6.45, 7) is 6.36. The van der Waals surface area contributed by atoms with Gasteiger partial charge < -0.3 is 15.8 Å². The lowest BCUT2D eigenvalue weighted by Gasteiger charge is -2.16. The van der Waals surface area contributed by atoms with Crippen molar-refractivity contribution in [3.05, 3.63) is 17.2 Å². The molecular weight excluding hydrogens is 370 g/mol. The predicted molar refractivity (Wildman–Crippen MR) is 130 cm³/mol. The van der Waals surface area contributed by atoms with Gasteiger partial charge in [0.1, 0.15) is 11.9 Å². The molecule has 1 heterocycles. The first-order valence-electron chi connectivity index (χ1n) is 13.1. The molecule has 0 saturated heterocycles. The van der Waals surface area contributed by atoms with Gasteiger partial charge in [-0.3, -0.25) is 0 Å². The zero-order valence-corrected chi connectivity index (χ0v) is 20.4. The van der Waals surface area contributed by atoms with E-state index >= 15 is 0 Å². The summed E-state index contributed by atoms with van der Waals surface area (Å²) in [5, 5.41) is 10.4. The fraction of sp³-hybridized carbons (Fsp3) is 0.885. The van der Waals surface area contributed by atoms with E-state index in [0.717, 1.165) is 36.5 Å². The maximum atomic E-state index is 10.4. The Morgan fingerprint density at radius 1 is 0.767 bits per heavy atom. The molecule has 0 radical (unpaired) electrons. The number of H-pyrrole nitrogens is 1. The van der Waals surface area contributed by atoms with E-state index < -0.39 is 6.10 Å². The van der Waals surface area contributed by atoms with Crippen LogP contribution in [-0.2, 0) is 6.42 Å². The summed E-state index contributed by atoms with van der Waals surface area (Å²) in [5.74, 6) is 1.000. The number of aliphatic hydroxyl groups excluding tert-OH is 1. The van der Waals surface area contributed by atoms with Gasteiger partial charge in [-0.15, -0.1) is 0 Å². The maximum absolute atomic E-state index is 10.4. The molecule has 30 heavy (non-hydrogen) atoms. The van der Waals surface area contributed by atoms with Crippen LogP contribution < -0.4 is 5.73 Å². The molecule has 0 aliphatic rings. The molecule has 0 aromatic carbocycles. The zero-order chi connectivity index (χ0) is 22.0. The Hall–Kier alpha value is -0.870. The van der Waals surface area contributed by atoms with Crippen LogP contribution in [0, 0.1) is 6.92 Å². The number of aromatic amines is 1.